The molecule has 1 N–H and O–H groups in total. The largest absolute Gasteiger partial charge is 0.493 e. The third kappa shape index (κ3) is 3.06. The minimum Gasteiger partial charge on any atom is -0.493 e. The maximum atomic E-state index is 5.26. The van der Waals surface area contributed by atoms with Gasteiger partial charge in [0.1, 0.15) is 0 Å². The van der Waals surface area contributed by atoms with Crippen molar-refractivity contribution in [1.29, 1.82) is 0 Å². The van der Waals surface area contributed by atoms with E-state index in [1.165, 1.54) is 0 Å². The highest BCUT2D eigenvalue weighted by Crippen LogP contribution is 2.27. The lowest BCUT2D eigenvalue weighted by atomic mass is 10.2. The molecule has 0 spiro atoms. The van der Waals surface area contributed by atoms with Crippen molar-refractivity contribution in [1.82, 2.24) is 5.32 Å². The van der Waals surface area contributed by atoms with E-state index in [4.69, 9.17) is 9.47 Å². The van der Waals surface area contributed by atoms with Gasteiger partial charge in [0.05, 0.1) is 20.8 Å². The van der Waals surface area contributed by atoms with E-state index in [9.17, 15) is 0 Å². The Hall–Kier alpha value is -1.36. The zero-order chi connectivity index (χ0) is 12.1. The van der Waals surface area contributed by atoms with E-state index < -0.39 is 0 Å². The predicted molar refractivity (Wildman–Crippen MR) is 71.1 cm³/mol. The van der Waals surface area contributed by atoms with Crippen LogP contribution in [0.5, 0.6) is 11.5 Å². The summed E-state index contributed by atoms with van der Waals surface area (Å²) >= 11 is 1.76. The van der Waals surface area contributed by atoms with Crippen LogP contribution in [0.15, 0.2) is 23.2 Å². The number of amidine groups is 1. The second-order valence-electron chi connectivity index (χ2n) is 3.58. The number of hydrogen-bond donors (Lipinski definition) is 1. The van der Waals surface area contributed by atoms with Crippen molar-refractivity contribution in [2.45, 2.75) is 6.54 Å². The Labute approximate surface area is 105 Å². The Balaban J connectivity index is 2.00. The average Bonchev–Trinajstić information content (AvgIpc) is 2.89. The van der Waals surface area contributed by atoms with Crippen molar-refractivity contribution in [3.8, 4) is 11.5 Å². The number of hydrogen-bond acceptors (Lipinski definition) is 5. The average molecular weight is 252 g/mol. The van der Waals surface area contributed by atoms with E-state index in [-0.39, 0.29) is 0 Å². The van der Waals surface area contributed by atoms with E-state index in [1.807, 2.05) is 18.2 Å². The molecule has 1 aromatic carbocycles. The van der Waals surface area contributed by atoms with Crippen molar-refractivity contribution in [3.05, 3.63) is 23.8 Å². The van der Waals surface area contributed by atoms with Gasteiger partial charge in [0.15, 0.2) is 16.7 Å². The summed E-state index contributed by atoms with van der Waals surface area (Å²) in [5.41, 5.74) is 1.15. The lowest BCUT2D eigenvalue weighted by molar-refractivity contribution is 0.354. The topological polar surface area (TPSA) is 42.8 Å². The predicted octanol–water partition coefficient (Wildman–Crippen LogP) is 1.90. The summed E-state index contributed by atoms with van der Waals surface area (Å²) in [6.45, 7) is 1.67. The van der Waals surface area contributed by atoms with Gasteiger partial charge >= 0.3 is 0 Å². The molecule has 0 saturated heterocycles. The summed E-state index contributed by atoms with van der Waals surface area (Å²) in [5.74, 6) is 2.59. The molecule has 0 atom stereocenters. The molecule has 0 fully saturated rings. The van der Waals surface area contributed by atoms with Crippen LogP contribution in [0.25, 0.3) is 0 Å². The highest BCUT2D eigenvalue weighted by Gasteiger charge is 2.08. The highest BCUT2D eigenvalue weighted by atomic mass is 32.2. The molecule has 1 heterocycles. The molecule has 2 rings (SSSR count). The van der Waals surface area contributed by atoms with Crippen LogP contribution in [0.3, 0.4) is 0 Å². The van der Waals surface area contributed by atoms with Crippen LogP contribution >= 0.6 is 11.8 Å². The van der Waals surface area contributed by atoms with Crippen molar-refractivity contribution in [2.24, 2.45) is 4.99 Å². The summed E-state index contributed by atoms with van der Waals surface area (Å²) in [6.07, 6.45) is 0. The van der Waals surface area contributed by atoms with Crippen LogP contribution in [-0.2, 0) is 6.54 Å². The van der Waals surface area contributed by atoms with Crippen molar-refractivity contribution in [3.63, 3.8) is 0 Å². The maximum Gasteiger partial charge on any atom is 0.161 e. The molecular formula is C12H16N2O2S. The summed E-state index contributed by atoms with van der Waals surface area (Å²) < 4.78 is 10.5. The lowest BCUT2D eigenvalue weighted by Crippen LogP contribution is -2.18. The maximum absolute atomic E-state index is 5.26. The molecule has 1 aliphatic rings. The van der Waals surface area contributed by atoms with E-state index in [1.54, 1.807) is 26.0 Å². The molecule has 0 aliphatic carbocycles. The number of nitrogens with one attached hydrogen (secondary N) is 1. The van der Waals surface area contributed by atoms with Gasteiger partial charge in [-0.05, 0) is 17.7 Å². The molecule has 0 unspecified atom stereocenters. The summed E-state index contributed by atoms with van der Waals surface area (Å²) in [7, 11) is 3.28. The highest BCUT2D eigenvalue weighted by molar-refractivity contribution is 8.14. The lowest BCUT2D eigenvalue weighted by Gasteiger charge is -2.10. The van der Waals surface area contributed by atoms with Crippen molar-refractivity contribution in [2.75, 3.05) is 26.5 Å². The second-order valence-corrected chi connectivity index (χ2v) is 4.66. The first-order valence-corrected chi connectivity index (χ1v) is 6.44. The van der Waals surface area contributed by atoms with Crippen LogP contribution in [-0.4, -0.2) is 31.7 Å². The van der Waals surface area contributed by atoms with Crippen LogP contribution < -0.4 is 14.8 Å². The summed E-state index contributed by atoms with van der Waals surface area (Å²) in [4.78, 5) is 4.34. The fourth-order valence-corrected chi connectivity index (χ4v) is 2.34. The van der Waals surface area contributed by atoms with Gasteiger partial charge < -0.3 is 14.8 Å². The van der Waals surface area contributed by atoms with Crippen molar-refractivity contribution < 1.29 is 9.47 Å². The smallest absolute Gasteiger partial charge is 0.161 e. The first kappa shape index (κ1) is 12.1. The second kappa shape index (κ2) is 5.82. The first-order valence-electron chi connectivity index (χ1n) is 5.45. The number of thioether (sulfide) groups is 1. The number of aliphatic imine (C=N–C) groups is 1. The van der Waals surface area contributed by atoms with Gasteiger partial charge in [-0.3, -0.25) is 4.99 Å². The Morgan fingerprint density at radius 1 is 1.29 bits per heavy atom. The molecule has 0 amide bonds. The standard InChI is InChI=1S/C12H16N2O2S/c1-15-10-4-3-9(7-11(10)16-2)8-14-12-13-5-6-17-12/h3-4,7H,5-6,8H2,1-2H3,(H,13,14). The van der Waals surface area contributed by atoms with E-state index in [2.05, 4.69) is 10.3 Å². The number of benzene rings is 1. The minimum atomic E-state index is 0.754. The molecule has 0 bridgehead atoms. The normalized spacial score (nSPS) is 14.4. The molecule has 0 aromatic heterocycles. The minimum absolute atomic E-state index is 0.754. The van der Waals surface area contributed by atoms with Gasteiger partial charge in [0.25, 0.3) is 0 Å². The molecule has 1 aromatic rings. The van der Waals surface area contributed by atoms with Gasteiger partial charge in [-0.15, -0.1) is 0 Å². The SMILES string of the molecule is COc1ccc(CNC2=NCCS2)cc1OC. The zero-order valence-electron chi connectivity index (χ0n) is 10.0. The Bertz CT molecular complexity index is 421. The van der Waals surface area contributed by atoms with Crippen LogP contribution in [0.4, 0.5) is 0 Å². The quantitative estimate of drug-likeness (QED) is 0.888. The van der Waals surface area contributed by atoms with Crippen LogP contribution in [0.2, 0.25) is 0 Å². The van der Waals surface area contributed by atoms with Crippen LogP contribution in [0.1, 0.15) is 5.56 Å². The molecule has 0 saturated carbocycles. The third-order valence-electron chi connectivity index (χ3n) is 2.48. The van der Waals surface area contributed by atoms with Gasteiger partial charge in [-0.25, -0.2) is 0 Å². The molecule has 4 nitrogen and oxygen atoms in total. The first-order chi connectivity index (χ1) is 8.33. The summed E-state index contributed by atoms with van der Waals surface area (Å²) in [5, 5.41) is 4.33. The van der Waals surface area contributed by atoms with Gasteiger partial charge in [0.2, 0.25) is 0 Å². The molecule has 17 heavy (non-hydrogen) atoms. The monoisotopic (exact) mass is 252 g/mol. The number of ether oxygens (including phenoxy) is 2. The molecule has 0 radical (unpaired) electrons. The van der Waals surface area contributed by atoms with Gasteiger partial charge in [-0.1, -0.05) is 17.8 Å². The molecular weight excluding hydrogens is 236 g/mol. The molecule has 1 aliphatic heterocycles. The fourth-order valence-electron chi connectivity index (χ4n) is 1.61. The number of nitrogens with zero attached hydrogens (tertiary/aromatic N) is 1. The third-order valence-corrected chi connectivity index (χ3v) is 3.41. The van der Waals surface area contributed by atoms with Crippen molar-refractivity contribution >= 4 is 16.9 Å². The fraction of sp³-hybridized carbons (Fsp3) is 0.417. The zero-order valence-corrected chi connectivity index (χ0v) is 10.8. The Kier molecular flexibility index (Phi) is 4.14. The van der Waals surface area contributed by atoms with E-state index in [0.29, 0.717) is 0 Å². The number of rotatable bonds is 4. The van der Waals surface area contributed by atoms with Gasteiger partial charge in [0, 0.05) is 12.3 Å². The number of methoxy groups -OCH3 is 2. The summed E-state index contributed by atoms with van der Waals surface area (Å²) in [6, 6.07) is 5.92. The molecule has 92 valence electrons. The van der Waals surface area contributed by atoms with E-state index >= 15 is 0 Å². The van der Waals surface area contributed by atoms with E-state index in [0.717, 1.165) is 41.1 Å². The Morgan fingerprint density at radius 2 is 2.12 bits per heavy atom. The van der Waals surface area contributed by atoms with Crippen LogP contribution in [0, 0.1) is 0 Å². The molecule has 5 heteroatoms. The Morgan fingerprint density at radius 3 is 2.76 bits per heavy atom. The van der Waals surface area contributed by atoms with Gasteiger partial charge in [-0.2, -0.15) is 0 Å².